The molecule has 1 saturated heterocycles. The molecule has 2 atom stereocenters. The lowest BCUT2D eigenvalue weighted by Gasteiger charge is -2.25. The minimum Gasteiger partial charge on any atom is -0.394 e. The number of likely N-dealkylation sites (tertiary alicyclic amines) is 1. The van der Waals surface area contributed by atoms with Crippen LogP contribution in [0.3, 0.4) is 0 Å². The Kier molecular flexibility index (Phi) is 3.24. The van der Waals surface area contributed by atoms with E-state index in [4.69, 9.17) is 0 Å². The molecule has 2 unspecified atom stereocenters. The SMILES string of the molecule is CC1CC(=O)N(C(CO)c2ccccc2)C1=O. The van der Waals surface area contributed by atoms with Crippen molar-refractivity contribution in [1.82, 2.24) is 4.90 Å². The van der Waals surface area contributed by atoms with Gasteiger partial charge in [0.15, 0.2) is 0 Å². The normalized spacial score (nSPS) is 22.0. The lowest BCUT2D eigenvalue weighted by Crippen LogP contribution is -2.36. The highest BCUT2D eigenvalue weighted by molar-refractivity contribution is 6.03. The van der Waals surface area contributed by atoms with Gasteiger partial charge in [-0.3, -0.25) is 14.5 Å². The van der Waals surface area contributed by atoms with Crippen molar-refractivity contribution in [2.24, 2.45) is 5.92 Å². The number of nitrogens with zero attached hydrogens (tertiary/aromatic N) is 1. The van der Waals surface area contributed by atoms with Crippen molar-refractivity contribution in [3.05, 3.63) is 35.9 Å². The fourth-order valence-corrected chi connectivity index (χ4v) is 2.15. The predicted octanol–water partition coefficient (Wildman–Crippen LogP) is 1.11. The molecule has 1 aliphatic rings. The van der Waals surface area contributed by atoms with Crippen LogP contribution < -0.4 is 0 Å². The molecule has 1 aliphatic heterocycles. The number of rotatable bonds is 3. The molecule has 1 aromatic carbocycles. The molecule has 1 aromatic rings. The molecule has 0 bridgehead atoms. The Bertz CT molecular complexity index is 430. The lowest BCUT2D eigenvalue weighted by atomic mass is 10.1. The van der Waals surface area contributed by atoms with Gasteiger partial charge in [-0.05, 0) is 5.56 Å². The third-order valence-corrected chi connectivity index (χ3v) is 3.08. The number of aliphatic hydroxyl groups is 1. The highest BCUT2D eigenvalue weighted by atomic mass is 16.3. The molecule has 1 fully saturated rings. The van der Waals surface area contributed by atoms with Crippen molar-refractivity contribution in [3.63, 3.8) is 0 Å². The number of amides is 2. The van der Waals surface area contributed by atoms with E-state index in [2.05, 4.69) is 0 Å². The number of benzene rings is 1. The van der Waals surface area contributed by atoms with Gasteiger partial charge in [0.1, 0.15) is 0 Å². The van der Waals surface area contributed by atoms with Crippen molar-refractivity contribution in [2.75, 3.05) is 6.61 Å². The smallest absolute Gasteiger partial charge is 0.233 e. The Hall–Kier alpha value is -1.68. The van der Waals surface area contributed by atoms with Gasteiger partial charge in [-0.25, -0.2) is 0 Å². The summed E-state index contributed by atoms with van der Waals surface area (Å²) < 4.78 is 0. The summed E-state index contributed by atoms with van der Waals surface area (Å²) in [5.74, 6) is -0.677. The second kappa shape index (κ2) is 4.67. The van der Waals surface area contributed by atoms with Crippen LogP contribution >= 0.6 is 0 Å². The Morgan fingerprint density at radius 3 is 2.47 bits per heavy atom. The van der Waals surface area contributed by atoms with Gasteiger partial charge in [-0.1, -0.05) is 37.3 Å². The van der Waals surface area contributed by atoms with Crippen LogP contribution in [-0.4, -0.2) is 28.4 Å². The van der Waals surface area contributed by atoms with Crippen LogP contribution in [0.5, 0.6) is 0 Å². The van der Waals surface area contributed by atoms with E-state index in [0.29, 0.717) is 0 Å². The average Bonchev–Trinajstić information content (AvgIpc) is 2.58. The molecule has 0 saturated carbocycles. The summed E-state index contributed by atoms with van der Waals surface area (Å²) in [4.78, 5) is 24.8. The van der Waals surface area contributed by atoms with Gasteiger partial charge in [0, 0.05) is 12.3 Å². The Balaban J connectivity index is 2.31. The van der Waals surface area contributed by atoms with Crippen LogP contribution in [-0.2, 0) is 9.59 Å². The van der Waals surface area contributed by atoms with E-state index in [1.54, 1.807) is 6.92 Å². The van der Waals surface area contributed by atoms with E-state index in [-0.39, 0.29) is 30.8 Å². The third kappa shape index (κ3) is 2.08. The van der Waals surface area contributed by atoms with E-state index in [1.165, 1.54) is 4.90 Å². The van der Waals surface area contributed by atoms with E-state index >= 15 is 0 Å². The van der Waals surface area contributed by atoms with Crippen molar-refractivity contribution in [1.29, 1.82) is 0 Å². The van der Waals surface area contributed by atoms with Crippen LogP contribution in [0.15, 0.2) is 30.3 Å². The molecule has 0 aromatic heterocycles. The van der Waals surface area contributed by atoms with Crippen LogP contribution in [0.4, 0.5) is 0 Å². The maximum atomic E-state index is 11.9. The summed E-state index contributed by atoms with van der Waals surface area (Å²) in [6.07, 6.45) is 0.238. The fourth-order valence-electron chi connectivity index (χ4n) is 2.15. The second-order valence-corrected chi connectivity index (χ2v) is 4.32. The maximum Gasteiger partial charge on any atom is 0.233 e. The number of hydrogen-bond acceptors (Lipinski definition) is 3. The second-order valence-electron chi connectivity index (χ2n) is 4.32. The van der Waals surface area contributed by atoms with Crippen LogP contribution in [0, 0.1) is 5.92 Å². The zero-order chi connectivity index (χ0) is 12.4. The number of imide groups is 1. The number of carbonyl (C=O) groups excluding carboxylic acids is 2. The van der Waals surface area contributed by atoms with E-state index < -0.39 is 6.04 Å². The number of aliphatic hydroxyl groups excluding tert-OH is 1. The first-order chi connectivity index (χ1) is 8.15. The standard InChI is InChI=1S/C13H15NO3/c1-9-7-12(16)14(13(9)17)11(8-15)10-5-3-2-4-6-10/h2-6,9,11,15H,7-8H2,1H3. The van der Waals surface area contributed by atoms with Gasteiger partial charge < -0.3 is 5.11 Å². The first kappa shape index (κ1) is 11.8. The molecule has 0 radical (unpaired) electrons. The van der Waals surface area contributed by atoms with Gasteiger partial charge in [0.05, 0.1) is 12.6 Å². The molecule has 1 N–H and O–H groups in total. The molecular weight excluding hydrogens is 218 g/mol. The van der Waals surface area contributed by atoms with Crippen molar-refractivity contribution < 1.29 is 14.7 Å². The molecule has 0 aliphatic carbocycles. The third-order valence-electron chi connectivity index (χ3n) is 3.08. The monoisotopic (exact) mass is 233 g/mol. The molecular formula is C13H15NO3. The molecule has 4 nitrogen and oxygen atoms in total. The molecule has 1 heterocycles. The molecule has 90 valence electrons. The summed E-state index contributed by atoms with van der Waals surface area (Å²) in [6.45, 7) is 1.49. The van der Waals surface area contributed by atoms with Gasteiger partial charge in [0.2, 0.25) is 11.8 Å². The topological polar surface area (TPSA) is 57.6 Å². The summed E-state index contributed by atoms with van der Waals surface area (Å²) in [5, 5.41) is 9.42. The Labute approximate surface area is 99.9 Å². The lowest BCUT2D eigenvalue weighted by molar-refractivity contribution is -0.143. The van der Waals surface area contributed by atoms with Gasteiger partial charge in [0.25, 0.3) is 0 Å². The predicted molar refractivity (Wildman–Crippen MR) is 61.9 cm³/mol. The van der Waals surface area contributed by atoms with Crippen LogP contribution in [0.1, 0.15) is 24.9 Å². The molecule has 2 rings (SSSR count). The van der Waals surface area contributed by atoms with Crippen molar-refractivity contribution >= 4 is 11.8 Å². The highest BCUT2D eigenvalue weighted by Crippen LogP contribution is 2.29. The minimum atomic E-state index is -0.554. The maximum absolute atomic E-state index is 11.9. The number of hydrogen-bond donors (Lipinski definition) is 1. The molecule has 17 heavy (non-hydrogen) atoms. The first-order valence-electron chi connectivity index (χ1n) is 5.67. The Morgan fingerprint density at radius 1 is 1.35 bits per heavy atom. The van der Waals surface area contributed by atoms with Crippen molar-refractivity contribution in [2.45, 2.75) is 19.4 Å². The van der Waals surface area contributed by atoms with Gasteiger partial charge >= 0.3 is 0 Å². The van der Waals surface area contributed by atoms with E-state index in [9.17, 15) is 14.7 Å². The Morgan fingerprint density at radius 2 is 2.00 bits per heavy atom. The highest BCUT2D eigenvalue weighted by Gasteiger charge is 2.40. The largest absolute Gasteiger partial charge is 0.394 e. The summed E-state index contributed by atoms with van der Waals surface area (Å²) in [5.41, 5.74) is 0.783. The quantitative estimate of drug-likeness (QED) is 0.796. The van der Waals surface area contributed by atoms with Crippen LogP contribution in [0.25, 0.3) is 0 Å². The van der Waals surface area contributed by atoms with Gasteiger partial charge in [-0.2, -0.15) is 0 Å². The summed E-state index contributed by atoms with van der Waals surface area (Å²) in [7, 11) is 0. The van der Waals surface area contributed by atoms with Crippen LogP contribution in [0.2, 0.25) is 0 Å². The minimum absolute atomic E-state index is 0.196. The zero-order valence-corrected chi connectivity index (χ0v) is 9.67. The fraction of sp³-hybridized carbons (Fsp3) is 0.385. The van der Waals surface area contributed by atoms with E-state index in [1.807, 2.05) is 30.3 Å². The summed E-state index contributed by atoms with van der Waals surface area (Å²) in [6, 6.07) is 8.57. The van der Waals surface area contributed by atoms with E-state index in [0.717, 1.165) is 5.56 Å². The molecule has 4 heteroatoms. The summed E-state index contributed by atoms with van der Waals surface area (Å²) >= 11 is 0. The first-order valence-corrected chi connectivity index (χ1v) is 5.67. The molecule has 0 spiro atoms. The average molecular weight is 233 g/mol. The van der Waals surface area contributed by atoms with Crippen molar-refractivity contribution in [3.8, 4) is 0 Å². The van der Waals surface area contributed by atoms with Gasteiger partial charge in [-0.15, -0.1) is 0 Å². The molecule has 2 amide bonds. The zero-order valence-electron chi connectivity index (χ0n) is 9.67. The number of carbonyl (C=O) groups is 2.